The topological polar surface area (TPSA) is 91.7 Å². The zero-order chi connectivity index (χ0) is 22.8. The minimum Gasteiger partial charge on any atom is -0.480 e. The first-order valence-electron chi connectivity index (χ1n) is 11.7. The number of aliphatic carboxylic acids is 1. The van der Waals surface area contributed by atoms with Gasteiger partial charge in [-0.15, -0.1) is 0 Å². The van der Waals surface area contributed by atoms with Gasteiger partial charge in [0.2, 0.25) is 0 Å². The molecule has 0 bridgehead atoms. The highest BCUT2D eigenvalue weighted by molar-refractivity contribution is 7.90. The van der Waals surface area contributed by atoms with Crippen LogP contribution in [0.3, 0.4) is 0 Å². The second-order valence-corrected chi connectivity index (χ2v) is 20.8. The number of carboxylic acid groups (broad SMARTS) is 1. The first kappa shape index (κ1) is 28.8. The second kappa shape index (κ2) is 12.6. The zero-order valence-electron chi connectivity index (χ0n) is 19.7. The van der Waals surface area contributed by atoms with Crippen molar-refractivity contribution >= 4 is 32.2 Å². The van der Waals surface area contributed by atoms with Gasteiger partial charge in [0, 0.05) is 0 Å². The normalized spacial score (nSPS) is 15.3. The predicted octanol–water partition coefficient (Wildman–Crippen LogP) is 6.59. The molecule has 0 aliphatic rings. The van der Waals surface area contributed by atoms with Crippen LogP contribution in [0, 0.1) is 0 Å². The molecule has 0 aliphatic heterocycles. The number of rotatable bonds is 17. The Morgan fingerprint density at radius 2 is 1.03 bits per heavy atom. The van der Waals surface area contributed by atoms with Gasteiger partial charge in [-0.3, -0.25) is 9.35 Å². The molecule has 2 N–H and O–H groups in total. The van der Waals surface area contributed by atoms with Crippen molar-refractivity contribution in [1.29, 1.82) is 0 Å². The largest absolute Gasteiger partial charge is 0.480 e. The van der Waals surface area contributed by atoms with E-state index in [9.17, 15) is 22.9 Å². The minimum atomic E-state index is -4.74. The maximum absolute atomic E-state index is 13.1. The molecule has 0 aliphatic carbocycles. The Labute approximate surface area is 181 Å². The highest BCUT2D eigenvalue weighted by Crippen LogP contribution is 2.48. The third-order valence-corrected chi connectivity index (χ3v) is 23.1. The summed E-state index contributed by atoms with van der Waals surface area (Å²) in [6.45, 7) is 12.4. The van der Waals surface area contributed by atoms with Crippen molar-refractivity contribution in [3.05, 3.63) is 0 Å². The average molecular weight is 467 g/mol. The van der Waals surface area contributed by atoms with Gasteiger partial charge >= 0.3 is 5.97 Å². The van der Waals surface area contributed by atoms with Gasteiger partial charge in [0.05, 0.1) is 16.1 Å². The lowest BCUT2D eigenvalue weighted by Gasteiger charge is -2.49. The molecule has 5 nitrogen and oxygen atoms in total. The van der Waals surface area contributed by atoms with E-state index in [0.717, 1.165) is 56.7 Å². The smallest absolute Gasteiger partial charge is 0.324 e. The van der Waals surface area contributed by atoms with Crippen molar-refractivity contribution < 1.29 is 22.9 Å². The summed E-state index contributed by atoms with van der Waals surface area (Å²) in [7, 11) is -9.80. The Morgan fingerprint density at radius 1 is 0.724 bits per heavy atom. The van der Waals surface area contributed by atoms with E-state index in [2.05, 4.69) is 20.8 Å². The molecule has 29 heavy (non-hydrogen) atoms. The first-order valence-corrected chi connectivity index (χ1v) is 18.6. The molecular weight excluding hydrogens is 420 g/mol. The summed E-state index contributed by atoms with van der Waals surface area (Å²) in [5.41, 5.74) is 0. The van der Waals surface area contributed by atoms with Crippen molar-refractivity contribution in [3.8, 4) is 0 Å². The molecule has 8 heteroatoms. The number of carboxylic acids is 1. The van der Waals surface area contributed by atoms with Crippen LogP contribution in [0.5, 0.6) is 0 Å². The van der Waals surface area contributed by atoms with E-state index in [1.165, 1.54) is 0 Å². The number of hydrogen-bond acceptors (Lipinski definition) is 3. The van der Waals surface area contributed by atoms with Gasteiger partial charge in [-0.1, -0.05) is 116 Å². The van der Waals surface area contributed by atoms with Crippen LogP contribution >= 0.6 is 0 Å². The van der Waals surface area contributed by atoms with Gasteiger partial charge in [0.1, 0.15) is 0 Å². The molecule has 0 aromatic rings. The van der Waals surface area contributed by atoms with Crippen molar-refractivity contribution in [2.75, 3.05) is 0 Å². The summed E-state index contributed by atoms with van der Waals surface area (Å²) in [5.74, 6) is -1.28. The molecule has 0 saturated heterocycles. The van der Waals surface area contributed by atoms with E-state index in [-0.39, 0.29) is 6.04 Å². The maximum Gasteiger partial charge on any atom is 0.324 e. The fourth-order valence-corrected chi connectivity index (χ4v) is 24.7. The van der Waals surface area contributed by atoms with E-state index in [1.54, 1.807) is 0 Å². The maximum atomic E-state index is 13.1. The van der Waals surface area contributed by atoms with Crippen molar-refractivity contribution in [3.63, 3.8) is 0 Å². The van der Waals surface area contributed by atoms with Crippen LogP contribution in [0.15, 0.2) is 0 Å². The molecule has 0 saturated carbocycles. The van der Waals surface area contributed by atoms with Gasteiger partial charge in [-0.25, -0.2) is 0 Å². The van der Waals surface area contributed by atoms with E-state index in [1.807, 2.05) is 20.8 Å². The Balaban J connectivity index is 7.06. The molecule has 0 heterocycles. The van der Waals surface area contributed by atoms with Gasteiger partial charge in [0.25, 0.3) is 10.1 Å². The molecule has 0 aromatic heterocycles. The summed E-state index contributed by atoms with van der Waals surface area (Å²) >= 11 is 0. The van der Waals surface area contributed by atoms with Crippen molar-refractivity contribution in [2.45, 2.75) is 127 Å². The molecule has 1 unspecified atom stereocenters. The summed E-state index contributed by atoms with van der Waals surface area (Å²) in [5, 5.41) is 10.6. The molecule has 174 valence electrons. The van der Waals surface area contributed by atoms with E-state index in [0.29, 0.717) is 18.1 Å². The Morgan fingerprint density at radius 3 is 1.24 bits per heavy atom. The van der Waals surface area contributed by atoms with Crippen LogP contribution in [0.25, 0.3) is 0 Å². The summed E-state index contributed by atoms with van der Waals surface area (Å²) in [6.07, 6.45) is 5.12. The highest BCUT2D eigenvalue weighted by atomic mass is 32.2. The molecule has 0 aromatic carbocycles. The predicted molar refractivity (Wildman–Crippen MR) is 129 cm³/mol. The molecule has 0 radical (unpaired) electrons. The van der Waals surface area contributed by atoms with Crippen LogP contribution < -0.4 is 0 Å². The Kier molecular flexibility index (Phi) is 12.5. The lowest BCUT2D eigenvalue weighted by Crippen LogP contribution is -2.69. The van der Waals surface area contributed by atoms with Gasteiger partial charge in [-0.05, 0) is 6.04 Å². The molecule has 1 atom stereocenters. The Hall–Kier alpha value is -0.186. The number of hydrogen-bond donors (Lipinski definition) is 2. The molecular formula is C21H46O5SSi2. The van der Waals surface area contributed by atoms with Gasteiger partial charge in [-0.2, -0.15) is 8.42 Å². The quantitative estimate of drug-likeness (QED) is 0.186. The average Bonchev–Trinajstić information content (AvgIpc) is 2.59. The van der Waals surface area contributed by atoms with E-state index in [4.69, 9.17) is 0 Å². The zero-order valence-corrected chi connectivity index (χ0v) is 22.5. The lowest BCUT2D eigenvalue weighted by atomic mass is 10.4. The van der Waals surface area contributed by atoms with Crippen LogP contribution in [-0.4, -0.2) is 44.6 Å². The van der Waals surface area contributed by atoms with Crippen molar-refractivity contribution in [2.24, 2.45) is 0 Å². The lowest BCUT2D eigenvalue weighted by molar-refractivity contribution is -0.137. The first-order chi connectivity index (χ1) is 13.5. The number of carbonyl (C=O) groups is 1. The van der Waals surface area contributed by atoms with Crippen LogP contribution in [-0.2, 0) is 14.9 Å². The van der Waals surface area contributed by atoms with Crippen molar-refractivity contribution in [1.82, 2.24) is 0 Å². The van der Waals surface area contributed by atoms with E-state index >= 15 is 0 Å². The van der Waals surface area contributed by atoms with Crippen LogP contribution in [0.4, 0.5) is 0 Å². The third kappa shape index (κ3) is 6.40. The van der Waals surface area contributed by atoms with E-state index < -0.39 is 36.6 Å². The third-order valence-electron chi connectivity index (χ3n) is 6.79. The summed E-state index contributed by atoms with van der Waals surface area (Å²) in [4.78, 5) is 12.9. The standard InChI is InChI=1S/C21H46O5SSi2/c1-7-13-28(14-8-2,15-9-3)19-21(20(22)23,27(24,25)26)29(16-10-4,17-11-5)18-12-6/h7-19H2,1-6H3,(H,22,23)(H,24,25,26). The second-order valence-electron chi connectivity index (χ2n) is 9.06. The molecule has 0 fully saturated rings. The minimum absolute atomic E-state index is 0.204. The monoisotopic (exact) mass is 466 g/mol. The fraction of sp³-hybridized carbons (Fsp3) is 0.952. The molecule has 0 spiro atoms. The molecule has 0 amide bonds. The summed E-state index contributed by atoms with van der Waals surface area (Å²) < 4.78 is 34.8. The SMILES string of the molecule is CCC[Si](CCC)(CCC)CC(C(=O)O)([Si](CCC)(CCC)CCC)S(=O)(=O)O. The summed E-state index contributed by atoms with van der Waals surface area (Å²) in [6, 6.07) is 4.97. The highest BCUT2D eigenvalue weighted by Gasteiger charge is 2.66. The van der Waals surface area contributed by atoms with Gasteiger partial charge in [0.15, 0.2) is 4.37 Å². The Bertz CT molecular complexity index is 560. The molecule has 0 rings (SSSR count). The van der Waals surface area contributed by atoms with Crippen LogP contribution in [0.1, 0.15) is 80.1 Å². The fourth-order valence-electron chi connectivity index (χ4n) is 6.14. The van der Waals surface area contributed by atoms with Crippen LogP contribution in [0.2, 0.25) is 42.3 Å². The van der Waals surface area contributed by atoms with Gasteiger partial charge < -0.3 is 5.11 Å².